The molecule has 49 heavy (non-hydrogen) atoms. The molecule has 1 atom stereocenters. The Bertz CT molecular complexity index is 1650. The van der Waals surface area contributed by atoms with Crippen LogP contribution in [-0.2, 0) is 19.0 Å². The zero-order valence-electron chi connectivity index (χ0n) is 26.7. The van der Waals surface area contributed by atoms with Crippen LogP contribution in [0.5, 0.6) is 0 Å². The van der Waals surface area contributed by atoms with Gasteiger partial charge in [0.25, 0.3) is 0 Å². The van der Waals surface area contributed by atoms with Crippen molar-refractivity contribution in [2.24, 2.45) is 0 Å². The molecule has 1 N–H and O–H groups in total. The molecular formula is C35H35F4N3O6S. The molecule has 3 aromatic rings. The van der Waals surface area contributed by atoms with Crippen LogP contribution in [0.25, 0.3) is 11.1 Å². The van der Waals surface area contributed by atoms with Crippen molar-refractivity contribution in [2.75, 3.05) is 54.8 Å². The van der Waals surface area contributed by atoms with Gasteiger partial charge in [0.1, 0.15) is 30.6 Å². The fraction of sp³-hybridized carbons (Fsp3) is 0.343. The van der Waals surface area contributed by atoms with E-state index in [1.807, 2.05) is 48.5 Å². The number of thioether (sulfide) groups is 1. The molecule has 14 heteroatoms. The summed E-state index contributed by atoms with van der Waals surface area (Å²) in [6, 6.07) is 14.2. The largest absolute Gasteiger partial charge is 0.467 e. The molecule has 1 saturated heterocycles. The number of carbonyl (C=O) groups is 3. The van der Waals surface area contributed by atoms with E-state index in [9.17, 15) is 14.4 Å². The second-order valence-electron chi connectivity index (χ2n) is 11.3. The van der Waals surface area contributed by atoms with Gasteiger partial charge in [-0.1, -0.05) is 61.2 Å². The third kappa shape index (κ3) is 7.64. The number of benzene rings is 3. The number of piperidine rings is 1. The average molecular weight is 702 g/mol. The number of methoxy groups -OCH3 is 1. The van der Waals surface area contributed by atoms with Crippen LogP contribution in [0.3, 0.4) is 0 Å². The van der Waals surface area contributed by atoms with Crippen LogP contribution in [0, 0.1) is 23.3 Å². The molecule has 0 bridgehead atoms. The zero-order valence-corrected chi connectivity index (χ0v) is 27.5. The Balaban J connectivity index is 1.29. The number of nitrogens with one attached hydrogen (secondary N) is 1. The number of fused-ring (bicyclic) bond motifs is 3. The Labute approximate surface area is 285 Å². The Morgan fingerprint density at radius 2 is 1.53 bits per heavy atom. The minimum Gasteiger partial charge on any atom is -0.467 e. The summed E-state index contributed by atoms with van der Waals surface area (Å²) in [6.07, 6.45) is 0.926. The lowest BCUT2D eigenvalue weighted by Gasteiger charge is -2.31. The Kier molecular flexibility index (Phi) is 11.7. The van der Waals surface area contributed by atoms with Crippen LogP contribution in [0.15, 0.2) is 61.2 Å². The number of rotatable bonds is 12. The third-order valence-electron chi connectivity index (χ3n) is 8.33. The maximum Gasteiger partial charge on any atom is 0.415 e. The van der Waals surface area contributed by atoms with Gasteiger partial charge < -0.3 is 24.4 Å². The number of hydrogen-bond donors (Lipinski definition) is 1. The summed E-state index contributed by atoms with van der Waals surface area (Å²) in [5.74, 6) is -8.89. The molecule has 2 aliphatic rings. The standard InChI is InChI=1S/C35H35F4N3O6S/c1-3-17-47-35(45)42(32-29(38)27(36)31(28(37)30(32)39)41-15-9-4-10-16-41)20-49-19-26(33(43)46-2)40-34(44)48-18-25-23-13-7-5-11-21(23)22-12-6-8-14-24(22)25/h3,5-8,11-14,25-26H,1,4,9-10,15-20H2,2H3,(H,40,44)/t26-/m0/s1. The predicted molar refractivity (Wildman–Crippen MR) is 178 cm³/mol. The van der Waals surface area contributed by atoms with Crippen molar-refractivity contribution in [1.82, 2.24) is 5.32 Å². The second kappa shape index (κ2) is 16.1. The monoisotopic (exact) mass is 701 g/mol. The molecule has 1 fully saturated rings. The summed E-state index contributed by atoms with van der Waals surface area (Å²) in [5, 5.41) is 2.42. The summed E-state index contributed by atoms with van der Waals surface area (Å²) in [4.78, 5) is 40.0. The molecule has 2 amide bonds. The third-order valence-corrected chi connectivity index (χ3v) is 9.34. The van der Waals surface area contributed by atoms with Crippen molar-refractivity contribution in [3.05, 3.63) is 95.6 Å². The number of alkyl carbamates (subject to hydrolysis) is 1. The second-order valence-corrected chi connectivity index (χ2v) is 12.3. The first kappa shape index (κ1) is 35.6. The lowest BCUT2D eigenvalue weighted by atomic mass is 9.98. The van der Waals surface area contributed by atoms with Crippen LogP contribution in [0.2, 0.25) is 0 Å². The number of amides is 2. The van der Waals surface area contributed by atoms with Gasteiger partial charge in [0, 0.05) is 24.8 Å². The fourth-order valence-electron chi connectivity index (χ4n) is 6.01. The summed E-state index contributed by atoms with van der Waals surface area (Å²) < 4.78 is 76.9. The van der Waals surface area contributed by atoms with E-state index in [-0.39, 0.29) is 38.0 Å². The van der Waals surface area contributed by atoms with E-state index in [4.69, 9.17) is 14.2 Å². The van der Waals surface area contributed by atoms with E-state index in [0.717, 1.165) is 47.5 Å². The van der Waals surface area contributed by atoms with E-state index in [0.29, 0.717) is 17.7 Å². The van der Waals surface area contributed by atoms with Gasteiger partial charge >= 0.3 is 18.2 Å². The van der Waals surface area contributed by atoms with Crippen molar-refractivity contribution in [2.45, 2.75) is 31.2 Å². The highest BCUT2D eigenvalue weighted by atomic mass is 32.2. The van der Waals surface area contributed by atoms with E-state index < -0.39 is 64.7 Å². The molecule has 0 radical (unpaired) electrons. The van der Waals surface area contributed by atoms with E-state index in [1.54, 1.807) is 0 Å². The molecule has 3 aromatic carbocycles. The molecule has 1 aliphatic carbocycles. The minimum absolute atomic E-state index is 0.0348. The topological polar surface area (TPSA) is 97.4 Å². The molecule has 0 spiro atoms. The first-order valence-corrected chi connectivity index (χ1v) is 16.8. The Morgan fingerprint density at radius 3 is 2.10 bits per heavy atom. The highest BCUT2D eigenvalue weighted by Gasteiger charge is 2.35. The smallest absolute Gasteiger partial charge is 0.415 e. The van der Waals surface area contributed by atoms with Crippen LogP contribution in [-0.4, -0.2) is 69.2 Å². The van der Waals surface area contributed by atoms with Gasteiger partial charge in [-0.05, 0) is 41.5 Å². The maximum absolute atomic E-state index is 15.5. The Morgan fingerprint density at radius 1 is 0.939 bits per heavy atom. The minimum atomic E-state index is -1.78. The summed E-state index contributed by atoms with van der Waals surface area (Å²) in [7, 11) is 1.10. The quantitative estimate of drug-likeness (QED) is 0.0532. The summed E-state index contributed by atoms with van der Waals surface area (Å²) in [5.41, 5.74) is 1.88. The molecule has 1 aliphatic heterocycles. The predicted octanol–water partition coefficient (Wildman–Crippen LogP) is 7.13. The number of hydrogen-bond acceptors (Lipinski definition) is 8. The Hall–Kier alpha value is -4.72. The number of ether oxygens (including phenoxy) is 3. The van der Waals surface area contributed by atoms with Crippen LogP contribution in [0.4, 0.5) is 38.5 Å². The van der Waals surface area contributed by atoms with Crippen molar-refractivity contribution < 1.29 is 46.2 Å². The van der Waals surface area contributed by atoms with Crippen LogP contribution in [0.1, 0.15) is 36.3 Å². The van der Waals surface area contributed by atoms with Gasteiger partial charge in [-0.3, -0.25) is 4.90 Å². The first-order chi connectivity index (χ1) is 23.7. The number of anilines is 2. The molecule has 260 valence electrons. The summed E-state index contributed by atoms with van der Waals surface area (Å²) >= 11 is 0.737. The van der Waals surface area contributed by atoms with Crippen molar-refractivity contribution in [3.63, 3.8) is 0 Å². The highest BCUT2D eigenvalue weighted by Crippen LogP contribution is 2.44. The maximum atomic E-state index is 15.5. The van der Waals surface area contributed by atoms with Crippen molar-refractivity contribution in [3.8, 4) is 11.1 Å². The van der Waals surface area contributed by atoms with Crippen LogP contribution >= 0.6 is 11.8 Å². The van der Waals surface area contributed by atoms with Crippen molar-refractivity contribution >= 4 is 41.3 Å². The summed E-state index contributed by atoms with van der Waals surface area (Å²) in [6.45, 7) is 3.43. The molecular weight excluding hydrogens is 666 g/mol. The normalized spacial score (nSPS) is 14.3. The molecule has 0 saturated carbocycles. The van der Waals surface area contributed by atoms with Gasteiger partial charge in [0.2, 0.25) is 0 Å². The van der Waals surface area contributed by atoms with Gasteiger partial charge in [0.05, 0.1) is 13.0 Å². The van der Waals surface area contributed by atoms with Gasteiger partial charge in [-0.25, -0.2) is 31.9 Å². The number of carbonyl (C=O) groups excluding carboxylic acids is 3. The lowest BCUT2D eigenvalue weighted by molar-refractivity contribution is -0.142. The lowest BCUT2D eigenvalue weighted by Crippen LogP contribution is -2.44. The van der Waals surface area contributed by atoms with E-state index in [2.05, 4.69) is 11.9 Å². The van der Waals surface area contributed by atoms with Gasteiger partial charge in [-0.2, -0.15) is 0 Å². The number of nitrogens with zero attached hydrogens (tertiary/aromatic N) is 2. The highest BCUT2D eigenvalue weighted by molar-refractivity contribution is 7.99. The van der Waals surface area contributed by atoms with Gasteiger partial charge in [-0.15, -0.1) is 11.8 Å². The molecule has 0 aromatic heterocycles. The number of halogens is 4. The fourth-order valence-corrected chi connectivity index (χ4v) is 6.99. The van der Waals surface area contributed by atoms with Crippen LogP contribution < -0.4 is 15.1 Å². The molecule has 9 nitrogen and oxygen atoms in total. The zero-order chi connectivity index (χ0) is 35.1. The SMILES string of the molecule is C=CCOC(=O)N(CSC[C@H](NC(=O)OCC1c2ccccc2-c2ccccc21)C(=O)OC)c1c(F)c(F)c(N2CCCCC2)c(F)c1F. The van der Waals surface area contributed by atoms with E-state index in [1.165, 1.54) is 11.0 Å². The van der Waals surface area contributed by atoms with Gasteiger partial charge in [0.15, 0.2) is 23.3 Å². The molecule has 1 heterocycles. The van der Waals surface area contributed by atoms with Crippen molar-refractivity contribution in [1.29, 1.82) is 0 Å². The molecule has 0 unspecified atom stereocenters. The molecule has 5 rings (SSSR count). The average Bonchev–Trinajstić information content (AvgIpc) is 3.44. The number of esters is 1. The first-order valence-electron chi connectivity index (χ1n) is 15.6. The van der Waals surface area contributed by atoms with E-state index >= 15 is 17.6 Å².